The summed E-state index contributed by atoms with van der Waals surface area (Å²) in [5.74, 6) is 1.69. The molecule has 2 aliphatic rings. The maximum absolute atomic E-state index is 13.3. The summed E-state index contributed by atoms with van der Waals surface area (Å²) in [6, 6.07) is 10.8. The van der Waals surface area contributed by atoms with Gasteiger partial charge in [-0.2, -0.15) is 0 Å². The van der Waals surface area contributed by atoms with E-state index in [-0.39, 0.29) is 18.4 Å². The third-order valence-corrected chi connectivity index (χ3v) is 6.09. The van der Waals surface area contributed by atoms with E-state index < -0.39 is 6.10 Å². The Balaban J connectivity index is 1.58. The average molecular weight is 467 g/mol. The topological polar surface area (TPSA) is 77.5 Å². The standard InChI is InChI=1S/C26H30N2O6/c1-31-21-15-18(16-22(32-2)25(21)33-3)11-12-24(29)28-17-23(26(30)27-13-7-4-8-14-27)34-20-10-6-5-9-19(20)28/h5-6,9-12,15-16,23H,4,7-8,13-14,17H2,1-3H3. The van der Waals surface area contributed by atoms with Gasteiger partial charge in [-0.3, -0.25) is 9.59 Å². The van der Waals surface area contributed by atoms with Crippen molar-refractivity contribution < 1.29 is 28.5 Å². The Kier molecular flexibility index (Phi) is 7.25. The van der Waals surface area contributed by atoms with E-state index in [0.717, 1.165) is 32.4 Å². The quantitative estimate of drug-likeness (QED) is 0.606. The summed E-state index contributed by atoms with van der Waals surface area (Å²) in [5.41, 5.74) is 1.36. The molecule has 2 heterocycles. The Hall–Kier alpha value is -3.68. The molecule has 1 fully saturated rings. The number of hydrogen-bond donors (Lipinski definition) is 0. The first-order chi connectivity index (χ1) is 16.5. The van der Waals surface area contributed by atoms with Crippen molar-refractivity contribution >= 4 is 23.6 Å². The van der Waals surface area contributed by atoms with Crippen LogP contribution in [0.4, 0.5) is 5.69 Å². The van der Waals surface area contributed by atoms with E-state index >= 15 is 0 Å². The molecule has 1 saturated heterocycles. The van der Waals surface area contributed by atoms with Gasteiger partial charge in [-0.15, -0.1) is 0 Å². The summed E-state index contributed by atoms with van der Waals surface area (Å²) in [7, 11) is 4.62. The number of para-hydroxylation sites is 2. The van der Waals surface area contributed by atoms with Crippen LogP contribution in [0.3, 0.4) is 0 Å². The van der Waals surface area contributed by atoms with Crippen LogP contribution >= 0.6 is 0 Å². The van der Waals surface area contributed by atoms with Crippen LogP contribution in [0.2, 0.25) is 0 Å². The van der Waals surface area contributed by atoms with Crippen LogP contribution in [0.15, 0.2) is 42.5 Å². The summed E-state index contributed by atoms with van der Waals surface area (Å²) in [6.45, 7) is 1.62. The van der Waals surface area contributed by atoms with Crippen LogP contribution in [0.25, 0.3) is 6.08 Å². The van der Waals surface area contributed by atoms with Gasteiger partial charge in [0.1, 0.15) is 5.75 Å². The lowest BCUT2D eigenvalue weighted by Gasteiger charge is -2.37. The van der Waals surface area contributed by atoms with Gasteiger partial charge < -0.3 is 28.7 Å². The van der Waals surface area contributed by atoms with Crippen LogP contribution in [0.1, 0.15) is 24.8 Å². The van der Waals surface area contributed by atoms with Crippen LogP contribution in [-0.4, -0.2) is 63.8 Å². The summed E-state index contributed by atoms with van der Waals surface area (Å²) in [4.78, 5) is 29.8. The average Bonchev–Trinajstić information content (AvgIpc) is 2.90. The van der Waals surface area contributed by atoms with Crippen molar-refractivity contribution in [2.24, 2.45) is 0 Å². The number of anilines is 1. The number of carbonyl (C=O) groups excluding carboxylic acids is 2. The number of nitrogens with zero attached hydrogens (tertiary/aromatic N) is 2. The summed E-state index contributed by atoms with van der Waals surface area (Å²) < 4.78 is 22.2. The number of carbonyl (C=O) groups is 2. The van der Waals surface area contributed by atoms with E-state index in [1.807, 2.05) is 23.1 Å². The molecule has 1 unspecified atom stereocenters. The van der Waals surface area contributed by atoms with Crippen molar-refractivity contribution in [2.75, 3.05) is 45.9 Å². The smallest absolute Gasteiger partial charge is 0.265 e. The monoisotopic (exact) mass is 466 g/mol. The molecule has 0 spiro atoms. The van der Waals surface area contributed by atoms with E-state index in [1.54, 1.807) is 43.4 Å². The predicted octanol–water partition coefficient (Wildman–Crippen LogP) is 3.53. The van der Waals surface area contributed by atoms with Crippen molar-refractivity contribution in [3.05, 3.63) is 48.0 Å². The lowest BCUT2D eigenvalue weighted by Crippen LogP contribution is -2.52. The first-order valence-corrected chi connectivity index (χ1v) is 11.4. The number of methoxy groups -OCH3 is 3. The van der Waals surface area contributed by atoms with E-state index in [1.165, 1.54) is 13.2 Å². The summed E-state index contributed by atoms with van der Waals surface area (Å²) in [6.07, 6.45) is 5.56. The Morgan fingerprint density at radius 1 is 0.971 bits per heavy atom. The molecule has 8 heteroatoms. The minimum absolute atomic E-state index is 0.0689. The zero-order valence-corrected chi connectivity index (χ0v) is 19.8. The van der Waals surface area contributed by atoms with E-state index in [4.69, 9.17) is 18.9 Å². The van der Waals surface area contributed by atoms with Crippen molar-refractivity contribution in [1.82, 2.24) is 4.90 Å². The molecule has 0 saturated carbocycles. The molecule has 2 aromatic carbocycles. The largest absolute Gasteiger partial charge is 0.493 e. The van der Waals surface area contributed by atoms with Gasteiger partial charge in [0.05, 0.1) is 33.6 Å². The molecule has 8 nitrogen and oxygen atoms in total. The molecule has 0 aliphatic carbocycles. The molecule has 34 heavy (non-hydrogen) atoms. The fraction of sp³-hybridized carbons (Fsp3) is 0.385. The van der Waals surface area contributed by atoms with Crippen molar-refractivity contribution in [1.29, 1.82) is 0 Å². The Bertz CT molecular complexity index is 1050. The summed E-state index contributed by atoms with van der Waals surface area (Å²) in [5, 5.41) is 0. The predicted molar refractivity (Wildman–Crippen MR) is 129 cm³/mol. The number of benzene rings is 2. The van der Waals surface area contributed by atoms with Gasteiger partial charge in [0, 0.05) is 19.2 Å². The number of fused-ring (bicyclic) bond motifs is 1. The fourth-order valence-corrected chi connectivity index (χ4v) is 4.34. The first kappa shape index (κ1) is 23.5. The van der Waals surface area contributed by atoms with Crippen LogP contribution in [0.5, 0.6) is 23.0 Å². The van der Waals surface area contributed by atoms with Crippen molar-refractivity contribution in [3.63, 3.8) is 0 Å². The molecule has 2 aromatic rings. The zero-order valence-electron chi connectivity index (χ0n) is 19.8. The Morgan fingerprint density at radius 2 is 1.65 bits per heavy atom. The second-order valence-corrected chi connectivity index (χ2v) is 8.20. The third kappa shape index (κ3) is 4.81. The van der Waals surface area contributed by atoms with E-state index in [9.17, 15) is 9.59 Å². The molecular formula is C26H30N2O6. The molecule has 4 rings (SSSR count). The van der Waals surface area contributed by atoms with Gasteiger partial charge in [-0.25, -0.2) is 0 Å². The number of piperidine rings is 1. The number of ether oxygens (including phenoxy) is 4. The second kappa shape index (κ2) is 10.5. The highest BCUT2D eigenvalue weighted by atomic mass is 16.5. The lowest BCUT2D eigenvalue weighted by molar-refractivity contribution is -0.139. The van der Waals surface area contributed by atoms with Gasteiger partial charge in [0.2, 0.25) is 5.75 Å². The maximum atomic E-state index is 13.3. The van der Waals surface area contributed by atoms with Crippen LogP contribution in [-0.2, 0) is 9.59 Å². The molecule has 0 aromatic heterocycles. The minimum atomic E-state index is -0.730. The summed E-state index contributed by atoms with van der Waals surface area (Å²) >= 11 is 0. The molecule has 1 atom stereocenters. The molecule has 180 valence electrons. The van der Waals surface area contributed by atoms with Gasteiger partial charge >= 0.3 is 0 Å². The number of rotatable bonds is 6. The number of likely N-dealkylation sites (tertiary alicyclic amines) is 1. The first-order valence-electron chi connectivity index (χ1n) is 11.4. The van der Waals surface area contributed by atoms with Gasteiger partial charge in [-0.05, 0) is 55.2 Å². The molecular weight excluding hydrogens is 436 g/mol. The molecule has 0 radical (unpaired) electrons. The van der Waals surface area contributed by atoms with Gasteiger partial charge in [0.25, 0.3) is 11.8 Å². The fourth-order valence-electron chi connectivity index (χ4n) is 4.34. The lowest BCUT2D eigenvalue weighted by atomic mass is 10.1. The highest BCUT2D eigenvalue weighted by Gasteiger charge is 2.35. The Labute approximate surface area is 199 Å². The maximum Gasteiger partial charge on any atom is 0.265 e. The number of hydrogen-bond acceptors (Lipinski definition) is 6. The molecule has 0 N–H and O–H groups in total. The number of amides is 2. The van der Waals surface area contributed by atoms with Gasteiger partial charge in [-0.1, -0.05) is 12.1 Å². The molecule has 2 amide bonds. The molecule has 2 aliphatic heterocycles. The van der Waals surface area contributed by atoms with Crippen molar-refractivity contribution in [3.8, 4) is 23.0 Å². The van der Waals surface area contributed by atoms with Crippen LogP contribution < -0.4 is 23.8 Å². The van der Waals surface area contributed by atoms with Gasteiger partial charge in [0.15, 0.2) is 17.6 Å². The van der Waals surface area contributed by atoms with E-state index in [0.29, 0.717) is 34.2 Å². The second-order valence-electron chi connectivity index (χ2n) is 8.20. The molecule has 0 bridgehead atoms. The van der Waals surface area contributed by atoms with Crippen molar-refractivity contribution in [2.45, 2.75) is 25.4 Å². The zero-order chi connectivity index (χ0) is 24.1. The highest BCUT2D eigenvalue weighted by molar-refractivity contribution is 6.06. The normalized spacial score (nSPS) is 17.7. The Morgan fingerprint density at radius 3 is 2.29 bits per heavy atom. The minimum Gasteiger partial charge on any atom is -0.493 e. The SMILES string of the molecule is COc1cc(C=CC(=O)N2CC(C(=O)N3CCCCC3)Oc3ccccc32)cc(OC)c1OC. The highest BCUT2D eigenvalue weighted by Crippen LogP contribution is 2.39. The third-order valence-electron chi connectivity index (χ3n) is 6.09. The van der Waals surface area contributed by atoms with Crippen LogP contribution in [0, 0.1) is 0 Å². The van der Waals surface area contributed by atoms with E-state index in [2.05, 4.69) is 0 Å².